The molecule has 10 heteroatoms. The summed E-state index contributed by atoms with van der Waals surface area (Å²) in [6.07, 6.45) is -2.96. The monoisotopic (exact) mass is 479 g/mol. The number of amides is 1. The molecule has 0 unspecified atom stereocenters. The van der Waals surface area contributed by atoms with Crippen molar-refractivity contribution in [1.82, 2.24) is 5.32 Å². The van der Waals surface area contributed by atoms with Crippen molar-refractivity contribution >= 4 is 17.3 Å². The molecule has 0 saturated carbocycles. The Balaban J connectivity index is 1.51. The van der Waals surface area contributed by atoms with Crippen molar-refractivity contribution < 1.29 is 27.6 Å². The minimum atomic E-state index is -4.65. The predicted molar refractivity (Wildman–Crippen MR) is 122 cm³/mol. The van der Waals surface area contributed by atoms with Crippen LogP contribution in [0.25, 0.3) is 0 Å². The van der Waals surface area contributed by atoms with E-state index in [2.05, 4.69) is 5.32 Å². The quantitative estimate of drug-likeness (QED) is 0.427. The molecule has 1 amide bonds. The average molecular weight is 479 g/mol. The second-order valence-corrected chi connectivity index (χ2v) is 8.57. The summed E-state index contributed by atoms with van der Waals surface area (Å²) in [4.78, 5) is 24.8. The van der Waals surface area contributed by atoms with Gasteiger partial charge in [0.25, 0.3) is 5.69 Å². The number of nitro benzene ring substituents is 1. The van der Waals surface area contributed by atoms with Crippen molar-refractivity contribution in [3.63, 3.8) is 0 Å². The number of rotatable bonds is 8. The molecule has 0 spiro atoms. The van der Waals surface area contributed by atoms with Crippen LogP contribution in [0.4, 0.5) is 24.5 Å². The van der Waals surface area contributed by atoms with Gasteiger partial charge in [-0.1, -0.05) is 12.1 Å². The zero-order valence-electron chi connectivity index (χ0n) is 19.1. The molecule has 184 valence electrons. The van der Waals surface area contributed by atoms with Gasteiger partial charge in [0.1, 0.15) is 11.4 Å². The van der Waals surface area contributed by atoms with Crippen LogP contribution in [0.5, 0.6) is 5.75 Å². The maximum Gasteiger partial charge on any atom is 0.416 e. The first-order valence-corrected chi connectivity index (χ1v) is 11.2. The van der Waals surface area contributed by atoms with Crippen LogP contribution in [0, 0.1) is 16.0 Å². The van der Waals surface area contributed by atoms with E-state index in [1.54, 1.807) is 4.90 Å². The highest BCUT2D eigenvalue weighted by Gasteiger charge is 2.34. The number of anilines is 1. The molecule has 1 heterocycles. The number of ether oxygens (including phenoxy) is 1. The SMILES string of the molecule is CC(C)Oc1ccc(CCNC(=O)C2CCN(c3ccc(C(F)(F)F)cc3[N+](=O)[O-])CC2)cc1. The van der Waals surface area contributed by atoms with E-state index in [9.17, 15) is 28.1 Å². The number of hydrogen-bond acceptors (Lipinski definition) is 5. The standard InChI is InChI=1S/C24H28F3N3O4/c1-16(2)34-20-6-3-17(4-7-20)9-12-28-23(31)18-10-13-29(14-11-18)21-8-5-19(24(25,26)27)15-22(21)30(32)33/h3-8,15-16,18H,9-14H2,1-2H3,(H,28,31). The van der Waals surface area contributed by atoms with Gasteiger partial charge < -0.3 is 15.0 Å². The van der Waals surface area contributed by atoms with Crippen LogP contribution >= 0.6 is 0 Å². The Morgan fingerprint density at radius 1 is 1.18 bits per heavy atom. The van der Waals surface area contributed by atoms with Crippen LogP contribution in [0.1, 0.15) is 37.8 Å². The fourth-order valence-corrected chi connectivity index (χ4v) is 3.98. The molecule has 0 radical (unpaired) electrons. The Bertz CT molecular complexity index is 1000. The second kappa shape index (κ2) is 10.8. The number of alkyl halides is 3. The van der Waals surface area contributed by atoms with Crippen LogP contribution < -0.4 is 15.0 Å². The van der Waals surface area contributed by atoms with E-state index in [0.29, 0.717) is 45.0 Å². The van der Waals surface area contributed by atoms with Gasteiger partial charge in [-0.15, -0.1) is 0 Å². The topological polar surface area (TPSA) is 84.7 Å². The van der Waals surface area contributed by atoms with Gasteiger partial charge in [0.05, 0.1) is 16.6 Å². The molecule has 3 rings (SSSR count). The van der Waals surface area contributed by atoms with E-state index in [4.69, 9.17) is 4.74 Å². The number of nitrogens with one attached hydrogen (secondary N) is 1. The average Bonchev–Trinajstić information content (AvgIpc) is 2.79. The number of nitro groups is 1. The van der Waals surface area contributed by atoms with E-state index in [0.717, 1.165) is 23.4 Å². The molecule has 0 aliphatic carbocycles. The van der Waals surface area contributed by atoms with Crippen LogP contribution in [0.3, 0.4) is 0 Å². The number of hydrogen-bond donors (Lipinski definition) is 1. The van der Waals surface area contributed by atoms with Crippen molar-refractivity contribution in [3.8, 4) is 5.75 Å². The van der Waals surface area contributed by atoms with Crippen molar-refractivity contribution in [2.24, 2.45) is 5.92 Å². The van der Waals surface area contributed by atoms with E-state index in [-0.39, 0.29) is 23.6 Å². The van der Waals surface area contributed by atoms with E-state index < -0.39 is 22.4 Å². The van der Waals surface area contributed by atoms with Gasteiger partial charge in [-0.3, -0.25) is 14.9 Å². The van der Waals surface area contributed by atoms with Gasteiger partial charge in [0, 0.05) is 31.6 Å². The predicted octanol–water partition coefficient (Wildman–Crippen LogP) is 4.98. The Labute approximate surface area is 196 Å². The van der Waals surface area contributed by atoms with Crippen LogP contribution in [-0.2, 0) is 17.4 Å². The molecule has 0 aromatic heterocycles. The lowest BCUT2D eigenvalue weighted by Crippen LogP contribution is -2.41. The Kier molecular flexibility index (Phi) is 8.01. The summed E-state index contributed by atoms with van der Waals surface area (Å²) in [6, 6.07) is 10.3. The third kappa shape index (κ3) is 6.61. The Morgan fingerprint density at radius 3 is 2.38 bits per heavy atom. The molecule has 2 aromatic rings. The summed E-state index contributed by atoms with van der Waals surface area (Å²) in [7, 11) is 0. The van der Waals surface area contributed by atoms with Crippen LogP contribution in [-0.4, -0.2) is 36.6 Å². The summed E-state index contributed by atoms with van der Waals surface area (Å²) in [5, 5.41) is 14.3. The number of carbonyl (C=O) groups is 1. The van der Waals surface area contributed by atoms with E-state index in [1.165, 1.54) is 0 Å². The highest BCUT2D eigenvalue weighted by atomic mass is 19.4. The summed E-state index contributed by atoms with van der Waals surface area (Å²) < 4.78 is 44.4. The largest absolute Gasteiger partial charge is 0.491 e. The highest BCUT2D eigenvalue weighted by Crippen LogP contribution is 2.37. The van der Waals surface area contributed by atoms with E-state index in [1.807, 2.05) is 38.1 Å². The molecule has 1 aliphatic rings. The van der Waals surface area contributed by atoms with Gasteiger partial charge in [-0.25, -0.2) is 0 Å². The second-order valence-electron chi connectivity index (χ2n) is 8.57. The molecule has 1 aliphatic heterocycles. The minimum absolute atomic E-state index is 0.0821. The van der Waals surface area contributed by atoms with Gasteiger partial charge in [-0.05, 0) is 62.9 Å². The van der Waals surface area contributed by atoms with Crippen LogP contribution in [0.2, 0.25) is 0 Å². The smallest absolute Gasteiger partial charge is 0.416 e. The zero-order chi connectivity index (χ0) is 24.9. The molecule has 0 atom stereocenters. The van der Waals surface area contributed by atoms with Crippen LogP contribution in [0.15, 0.2) is 42.5 Å². The van der Waals surface area contributed by atoms with Crippen molar-refractivity contribution in [3.05, 3.63) is 63.7 Å². The molecule has 1 N–H and O–H groups in total. The number of carbonyl (C=O) groups excluding carboxylic acids is 1. The first kappa shape index (κ1) is 25.3. The number of piperidine rings is 1. The minimum Gasteiger partial charge on any atom is -0.491 e. The summed E-state index contributed by atoms with van der Waals surface area (Å²) >= 11 is 0. The molecule has 2 aromatic carbocycles. The number of benzene rings is 2. The summed E-state index contributed by atoms with van der Waals surface area (Å²) in [5.41, 5.74) is -0.426. The lowest BCUT2D eigenvalue weighted by molar-refractivity contribution is -0.384. The molecule has 1 fully saturated rings. The molecule has 34 heavy (non-hydrogen) atoms. The van der Waals surface area contributed by atoms with Gasteiger partial charge >= 0.3 is 6.18 Å². The Hall–Kier alpha value is -3.30. The molecular formula is C24H28F3N3O4. The van der Waals surface area contributed by atoms with Crippen molar-refractivity contribution in [2.45, 2.75) is 45.4 Å². The molecule has 1 saturated heterocycles. The van der Waals surface area contributed by atoms with Gasteiger partial charge in [0.2, 0.25) is 5.91 Å². The van der Waals surface area contributed by atoms with Gasteiger partial charge in [-0.2, -0.15) is 13.2 Å². The fourth-order valence-electron chi connectivity index (χ4n) is 3.98. The third-order valence-electron chi connectivity index (χ3n) is 5.71. The number of nitrogens with zero attached hydrogens (tertiary/aromatic N) is 2. The lowest BCUT2D eigenvalue weighted by atomic mass is 9.95. The third-order valence-corrected chi connectivity index (χ3v) is 5.71. The molecule has 7 nitrogen and oxygen atoms in total. The molecular weight excluding hydrogens is 451 g/mol. The molecule has 0 bridgehead atoms. The fraction of sp³-hybridized carbons (Fsp3) is 0.458. The van der Waals surface area contributed by atoms with Crippen molar-refractivity contribution in [1.29, 1.82) is 0 Å². The van der Waals surface area contributed by atoms with Crippen molar-refractivity contribution in [2.75, 3.05) is 24.5 Å². The van der Waals surface area contributed by atoms with Gasteiger partial charge in [0.15, 0.2) is 0 Å². The zero-order valence-corrected chi connectivity index (χ0v) is 19.1. The normalized spacial score (nSPS) is 14.8. The highest BCUT2D eigenvalue weighted by molar-refractivity contribution is 5.79. The first-order valence-electron chi connectivity index (χ1n) is 11.2. The van der Waals surface area contributed by atoms with E-state index >= 15 is 0 Å². The maximum atomic E-state index is 12.9. The maximum absolute atomic E-state index is 12.9. The summed E-state index contributed by atoms with van der Waals surface area (Å²) in [6.45, 7) is 5.09. The Morgan fingerprint density at radius 2 is 1.82 bits per heavy atom. The summed E-state index contributed by atoms with van der Waals surface area (Å²) in [5.74, 6) is 0.468. The lowest BCUT2D eigenvalue weighted by Gasteiger charge is -2.32. The first-order chi connectivity index (χ1) is 16.0. The number of halogens is 3.